The maximum Gasteiger partial charge on any atom is 0.314 e. The van der Waals surface area contributed by atoms with Crippen molar-refractivity contribution in [3.63, 3.8) is 0 Å². The number of aromatic hydroxyl groups is 1. The van der Waals surface area contributed by atoms with E-state index in [0.29, 0.717) is 0 Å². The van der Waals surface area contributed by atoms with Crippen LogP contribution in [0.15, 0.2) is 17.2 Å². The minimum absolute atomic E-state index is 0.0106. The van der Waals surface area contributed by atoms with Gasteiger partial charge in [0.05, 0.1) is 4.92 Å². The largest absolute Gasteiger partial charge is 0.501 e. The fourth-order valence-corrected chi connectivity index (χ4v) is 1.28. The molecule has 0 radical (unpaired) electrons. The highest BCUT2D eigenvalue weighted by molar-refractivity contribution is 6.45. The standard InChI is InChI=1S/C9H7ClN6O3/c10-4-1-5(8(17)7(2-4)16(18)19)14-15-6(3-11)9(12)13/h1-2,14,17H,(H3,12,13)/b15-6+. The van der Waals surface area contributed by atoms with Crippen LogP contribution in [0, 0.1) is 26.9 Å². The number of nitriles is 1. The third kappa shape index (κ3) is 3.30. The molecule has 10 heteroatoms. The molecule has 0 aliphatic carbocycles. The lowest BCUT2D eigenvalue weighted by molar-refractivity contribution is -0.385. The molecule has 0 aromatic heterocycles. The molecule has 98 valence electrons. The number of anilines is 1. The van der Waals surface area contributed by atoms with Crippen molar-refractivity contribution in [2.75, 3.05) is 5.43 Å². The number of hydrogen-bond acceptors (Lipinski definition) is 7. The summed E-state index contributed by atoms with van der Waals surface area (Å²) in [6.45, 7) is 0. The van der Waals surface area contributed by atoms with Crippen LogP contribution in [0.3, 0.4) is 0 Å². The fraction of sp³-hybridized carbons (Fsp3) is 0. The molecule has 0 unspecified atom stereocenters. The number of nitro benzene ring substituents is 1. The molecule has 0 heterocycles. The van der Waals surface area contributed by atoms with Crippen LogP contribution in [-0.4, -0.2) is 21.6 Å². The van der Waals surface area contributed by atoms with E-state index in [1.165, 1.54) is 12.1 Å². The molecule has 0 saturated carbocycles. The third-order valence-electron chi connectivity index (χ3n) is 1.90. The first-order valence-corrected chi connectivity index (χ1v) is 4.99. The van der Waals surface area contributed by atoms with Gasteiger partial charge in [-0.1, -0.05) is 11.6 Å². The van der Waals surface area contributed by atoms with Gasteiger partial charge in [0.15, 0.2) is 5.84 Å². The van der Waals surface area contributed by atoms with Crippen molar-refractivity contribution in [2.45, 2.75) is 0 Å². The Morgan fingerprint density at radius 1 is 1.68 bits per heavy atom. The number of phenols is 1. The van der Waals surface area contributed by atoms with Gasteiger partial charge in [0.2, 0.25) is 11.5 Å². The van der Waals surface area contributed by atoms with E-state index in [9.17, 15) is 15.2 Å². The fourth-order valence-electron chi connectivity index (χ4n) is 1.07. The van der Waals surface area contributed by atoms with Crippen LogP contribution in [0.5, 0.6) is 5.75 Å². The monoisotopic (exact) mass is 282 g/mol. The van der Waals surface area contributed by atoms with Gasteiger partial charge < -0.3 is 10.8 Å². The first-order valence-electron chi connectivity index (χ1n) is 4.62. The van der Waals surface area contributed by atoms with Crippen LogP contribution in [0.4, 0.5) is 11.4 Å². The summed E-state index contributed by atoms with van der Waals surface area (Å²) in [4.78, 5) is 9.82. The van der Waals surface area contributed by atoms with Crippen LogP contribution in [-0.2, 0) is 0 Å². The second-order valence-corrected chi connectivity index (χ2v) is 3.61. The lowest BCUT2D eigenvalue weighted by Gasteiger charge is -2.05. The number of hydrogen-bond donors (Lipinski definition) is 4. The second-order valence-electron chi connectivity index (χ2n) is 3.18. The van der Waals surface area contributed by atoms with Crippen LogP contribution in [0.25, 0.3) is 0 Å². The molecule has 1 aromatic carbocycles. The summed E-state index contributed by atoms with van der Waals surface area (Å²) in [5.74, 6) is -1.29. The zero-order valence-corrected chi connectivity index (χ0v) is 9.97. The Morgan fingerprint density at radius 3 is 2.79 bits per heavy atom. The van der Waals surface area contributed by atoms with Gasteiger partial charge >= 0.3 is 5.69 Å². The number of amidine groups is 1. The average Bonchev–Trinajstić information content (AvgIpc) is 2.32. The molecule has 0 aliphatic rings. The Kier molecular flexibility index (Phi) is 4.23. The molecule has 0 fully saturated rings. The number of halogens is 1. The molecule has 0 bridgehead atoms. The smallest absolute Gasteiger partial charge is 0.314 e. The molecule has 0 saturated heterocycles. The average molecular weight is 283 g/mol. The lowest BCUT2D eigenvalue weighted by atomic mass is 10.2. The van der Waals surface area contributed by atoms with Gasteiger partial charge in [0.1, 0.15) is 11.8 Å². The maximum atomic E-state index is 10.6. The summed E-state index contributed by atoms with van der Waals surface area (Å²) >= 11 is 5.64. The molecule has 0 atom stereocenters. The Hall–Kier alpha value is -2.86. The van der Waals surface area contributed by atoms with Crippen LogP contribution >= 0.6 is 11.6 Å². The van der Waals surface area contributed by atoms with E-state index in [0.717, 1.165) is 6.07 Å². The Bertz CT molecular complexity index is 621. The predicted molar refractivity (Wildman–Crippen MR) is 68.4 cm³/mol. The SMILES string of the molecule is N#C/C(=N\Nc1cc(Cl)cc([N+](=O)[O-])c1O)C(=N)N. The summed E-state index contributed by atoms with van der Waals surface area (Å²) in [5.41, 5.74) is 5.99. The summed E-state index contributed by atoms with van der Waals surface area (Å²) < 4.78 is 0. The Balaban J connectivity index is 3.20. The van der Waals surface area contributed by atoms with Crippen molar-refractivity contribution in [3.8, 4) is 11.8 Å². The molecule has 1 rings (SSSR count). The van der Waals surface area contributed by atoms with Gasteiger partial charge in [-0.2, -0.15) is 10.4 Å². The van der Waals surface area contributed by atoms with E-state index in [1.54, 1.807) is 0 Å². The third-order valence-corrected chi connectivity index (χ3v) is 2.12. The summed E-state index contributed by atoms with van der Waals surface area (Å²) in [6.07, 6.45) is 0. The molecular weight excluding hydrogens is 276 g/mol. The molecule has 19 heavy (non-hydrogen) atoms. The van der Waals surface area contributed by atoms with Crippen molar-refractivity contribution in [2.24, 2.45) is 10.8 Å². The highest BCUT2D eigenvalue weighted by Gasteiger charge is 2.18. The zero-order valence-electron chi connectivity index (χ0n) is 9.22. The number of nitrogens with one attached hydrogen (secondary N) is 2. The summed E-state index contributed by atoms with van der Waals surface area (Å²) in [6, 6.07) is 3.66. The highest BCUT2D eigenvalue weighted by atomic mass is 35.5. The molecule has 9 nitrogen and oxygen atoms in total. The quantitative estimate of drug-likeness (QED) is 0.213. The van der Waals surface area contributed by atoms with Gasteiger partial charge in [0.25, 0.3) is 0 Å². The maximum absolute atomic E-state index is 10.6. The van der Waals surface area contributed by atoms with Crippen molar-refractivity contribution < 1.29 is 10.0 Å². The minimum Gasteiger partial charge on any atom is -0.501 e. The van der Waals surface area contributed by atoms with Gasteiger partial charge in [-0.15, -0.1) is 0 Å². The number of hydrazone groups is 1. The summed E-state index contributed by atoms with van der Waals surface area (Å²) in [5, 5.41) is 39.3. The van der Waals surface area contributed by atoms with E-state index in [1.807, 2.05) is 0 Å². The van der Waals surface area contributed by atoms with Crippen molar-refractivity contribution in [1.29, 1.82) is 10.7 Å². The molecule has 5 N–H and O–H groups in total. The zero-order chi connectivity index (χ0) is 14.6. The molecule has 1 aromatic rings. The van der Waals surface area contributed by atoms with Crippen molar-refractivity contribution in [1.82, 2.24) is 0 Å². The predicted octanol–water partition coefficient (Wildman–Crippen LogP) is 1.18. The summed E-state index contributed by atoms with van der Waals surface area (Å²) in [7, 11) is 0. The van der Waals surface area contributed by atoms with Crippen molar-refractivity contribution >= 4 is 34.5 Å². The number of benzene rings is 1. The van der Waals surface area contributed by atoms with Gasteiger partial charge in [-0.3, -0.25) is 20.9 Å². The lowest BCUT2D eigenvalue weighted by Crippen LogP contribution is -2.21. The van der Waals surface area contributed by atoms with E-state index in [2.05, 4.69) is 10.5 Å². The molecule has 0 aliphatic heterocycles. The van der Waals surface area contributed by atoms with Gasteiger partial charge in [-0.25, -0.2) is 0 Å². The topological polar surface area (TPSA) is 161 Å². The highest BCUT2D eigenvalue weighted by Crippen LogP contribution is 2.36. The number of nitrogens with zero attached hydrogens (tertiary/aromatic N) is 3. The van der Waals surface area contributed by atoms with Crippen molar-refractivity contribution in [3.05, 3.63) is 27.3 Å². The van der Waals surface area contributed by atoms with E-state index in [-0.39, 0.29) is 10.7 Å². The van der Waals surface area contributed by atoms with Crippen LogP contribution < -0.4 is 11.2 Å². The molecule has 0 spiro atoms. The Labute approximate surface area is 111 Å². The minimum atomic E-state index is -0.827. The molecular formula is C9H7ClN6O3. The van der Waals surface area contributed by atoms with Gasteiger partial charge in [0, 0.05) is 11.1 Å². The van der Waals surface area contributed by atoms with Crippen LogP contribution in [0.2, 0.25) is 5.02 Å². The van der Waals surface area contributed by atoms with Crippen LogP contribution in [0.1, 0.15) is 0 Å². The van der Waals surface area contributed by atoms with E-state index >= 15 is 0 Å². The van der Waals surface area contributed by atoms with E-state index < -0.39 is 27.9 Å². The first kappa shape index (κ1) is 14.2. The normalized spacial score (nSPS) is 10.6. The second kappa shape index (κ2) is 5.65. The number of nitro groups is 1. The van der Waals surface area contributed by atoms with E-state index in [4.69, 9.17) is 28.0 Å². The number of phenolic OH excluding ortho intramolecular Hbond substituents is 1. The first-order chi connectivity index (χ1) is 8.86. The number of nitrogens with two attached hydrogens (primary N) is 1. The Morgan fingerprint density at radius 2 is 2.32 bits per heavy atom. The van der Waals surface area contributed by atoms with Gasteiger partial charge in [-0.05, 0) is 6.07 Å². The molecule has 0 amide bonds. The number of rotatable bonds is 4.